The minimum atomic E-state index is 0.619. The molecular weight excluding hydrogens is 176 g/mol. The van der Waals surface area contributed by atoms with Crippen LogP contribution in [-0.2, 0) is 4.89 Å². The maximum absolute atomic E-state index is 5.10. The van der Waals surface area contributed by atoms with E-state index < -0.39 is 0 Å². The number of rotatable bonds is 5. The van der Waals surface area contributed by atoms with E-state index in [1.54, 1.807) is 0 Å². The topological polar surface area (TPSA) is 18.5 Å². The highest BCUT2D eigenvalue weighted by Crippen LogP contribution is 2.14. The van der Waals surface area contributed by atoms with E-state index in [9.17, 15) is 0 Å². The van der Waals surface area contributed by atoms with E-state index in [2.05, 4.69) is 0 Å². The monoisotopic (exact) mass is 192 g/mol. The number of allylic oxidation sites excluding steroid dienone is 1. The quantitative estimate of drug-likeness (QED) is 0.404. The maximum Gasteiger partial charge on any atom is 0.165 e. The zero-order valence-corrected chi connectivity index (χ0v) is 8.69. The summed E-state index contributed by atoms with van der Waals surface area (Å²) in [5.74, 6) is 0.744. The van der Waals surface area contributed by atoms with Crippen molar-refractivity contribution >= 4 is 6.08 Å². The van der Waals surface area contributed by atoms with Gasteiger partial charge in [-0.15, -0.1) is 0 Å². The molecule has 0 aromatic heterocycles. The Morgan fingerprint density at radius 3 is 2.93 bits per heavy atom. The molecule has 0 radical (unpaired) electrons. The third-order valence-corrected chi connectivity index (χ3v) is 1.66. The van der Waals surface area contributed by atoms with Gasteiger partial charge in [-0.3, -0.25) is 0 Å². The first-order valence-corrected chi connectivity index (χ1v) is 4.89. The molecule has 0 aliphatic rings. The van der Waals surface area contributed by atoms with Crippen molar-refractivity contribution in [3.05, 3.63) is 35.9 Å². The van der Waals surface area contributed by atoms with E-state index in [1.165, 1.54) is 0 Å². The first-order chi connectivity index (χ1) is 6.86. The minimum absolute atomic E-state index is 0.619. The van der Waals surface area contributed by atoms with Crippen LogP contribution in [0.25, 0.3) is 6.08 Å². The number of hydrogen-bond donors (Lipinski definition) is 0. The molecule has 0 spiro atoms. The summed E-state index contributed by atoms with van der Waals surface area (Å²) in [6.07, 6.45) is 4.97. The summed E-state index contributed by atoms with van der Waals surface area (Å²) < 4.78 is 0. The highest BCUT2D eigenvalue weighted by Gasteiger charge is 1.94. The Balaban J connectivity index is 2.54. The summed E-state index contributed by atoms with van der Waals surface area (Å²) in [6, 6.07) is 7.78. The van der Waals surface area contributed by atoms with Gasteiger partial charge in [0.2, 0.25) is 0 Å². The second-order valence-electron chi connectivity index (χ2n) is 2.98. The molecule has 0 bridgehead atoms. The standard InChI is InChI=1S/C12H16O2/c1-3-6-11-7-5-8-12(10-11)14-13-9-4-2/h3,5-8,10H,4,9H2,1-2H3. The molecule has 0 heterocycles. The minimum Gasteiger partial charge on any atom is -0.338 e. The Kier molecular flexibility index (Phi) is 4.79. The first-order valence-electron chi connectivity index (χ1n) is 4.89. The number of hydrogen-bond acceptors (Lipinski definition) is 2. The van der Waals surface area contributed by atoms with Crippen LogP contribution < -0.4 is 4.89 Å². The van der Waals surface area contributed by atoms with Gasteiger partial charge in [-0.1, -0.05) is 31.2 Å². The van der Waals surface area contributed by atoms with Crippen LogP contribution in [0.1, 0.15) is 25.8 Å². The highest BCUT2D eigenvalue weighted by atomic mass is 17.2. The van der Waals surface area contributed by atoms with Crippen LogP contribution in [-0.4, -0.2) is 6.61 Å². The molecule has 2 heteroatoms. The second kappa shape index (κ2) is 6.22. The fourth-order valence-electron chi connectivity index (χ4n) is 1.06. The van der Waals surface area contributed by atoms with Gasteiger partial charge in [0.25, 0.3) is 0 Å². The maximum atomic E-state index is 5.10. The molecule has 2 nitrogen and oxygen atoms in total. The molecule has 0 atom stereocenters. The molecular formula is C12H16O2. The predicted octanol–water partition coefficient (Wildman–Crippen LogP) is 3.44. The normalized spacial score (nSPS) is 10.7. The summed E-state index contributed by atoms with van der Waals surface area (Å²) in [5.41, 5.74) is 1.12. The lowest BCUT2D eigenvalue weighted by molar-refractivity contribution is -0.206. The fourth-order valence-corrected chi connectivity index (χ4v) is 1.06. The van der Waals surface area contributed by atoms with E-state index >= 15 is 0 Å². The van der Waals surface area contributed by atoms with Gasteiger partial charge >= 0.3 is 0 Å². The Labute approximate surface area is 85.1 Å². The summed E-state index contributed by atoms with van der Waals surface area (Å²) in [6.45, 7) is 4.65. The number of benzene rings is 1. The molecule has 0 aliphatic heterocycles. The molecule has 0 saturated heterocycles. The van der Waals surface area contributed by atoms with Crippen molar-refractivity contribution in [1.82, 2.24) is 0 Å². The van der Waals surface area contributed by atoms with E-state index in [0.717, 1.165) is 17.7 Å². The van der Waals surface area contributed by atoms with Crippen molar-refractivity contribution in [2.45, 2.75) is 20.3 Å². The molecule has 0 unspecified atom stereocenters. The van der Waals surface area contributed by atoms with Crippen LogP contribution in [0.4, 0.5) is 0 Å². The van der Waals surface area contributed by atoms with Gasteiger partial charge in [-0.2, -0.15) is 4.89 Å². The van der Waals surface area contributed by atoms with Gasteiger partial charge in [-0.25, -0.2) is 0 Å². The van der Waals surface area contributed by atoms with Crippen molar-refractivity contribution in [1.29, 1.82) is 0 Å². The molecule has 1 aromatic rings. The second-order valence-corrected chi connectivity index (χ2v) is 2.98. The lowest BCUT2D eigenvalue weighted by Gasteiger charge is -2.03. The highest BCUT2D eigenvalue weighted by molar-refractivity contribution is 5.51. The predicted molar refractivity (Wildman–Crippen MR) is 58.0 cm³/mol. The largest absolute Gasteiger partial charge is 0.338 e. The third kappa shape index (κ3) is 3.62. The molecule has 0 saturated carbocycles. The SMILES string of the molecule is CC=Cc1cccc(OOCCC)c1. The molecule has 0 N–H and O–H groups in total. The van der Waals surface area contributed by atoms with Crippen LogP contribution in [0.3, 0.4) is 0 Å². The van der Waals surface area contributed by atoms with Crippen LogP contribution in [0.2, 0.25) is 0 Å². The van der Waals surface area contributed by atoms with Crippen molar-refractivity contribution in [3.63, 3.8) is 0 Å². The van der Waals surface area contributed by atoms with E-state index in [4.69, 9.17) is 9.78 Å². The summed E-state index contributed by atoms with van der Waals surface area (Å²) in [4.78, 5) is 10.1. The Morgan fingerprint density at radius 2 is 2.21 bits per heavy atom. The van der Waals surface area contributed by atoms with E-state index in [0.29, 0.717) is 6.61 Å². The average Bonchev–Trinajstić information content (AvgIpc) is 2.19. The summed E-state index contributed by atoms with van der Waals surface area (Å²) in [5, 5.41) is 0. The van der Waals surface area contributed by atoms with E-state index in [-0.39, 0.29) is 0 Å². The van der Waals surface area contributed by atoms with Crippen molar-refractivity contribution in [2.75, 3.05) is 6.61 Å². The van der Waals surface area contributed by atoms with Gasteiger partial charge in [0.1, 0.15) is 0 Å². The zero-order chi connectivity index (χ0) is 10.2. The first kappa shape index (κ1) is 10.8. The van der Waals surface area contributed by atoms with Crippen molar-refractivity contribution in [2.24, 2.45) is 0 Å². The van der Waals surface area contributed by atoms with Crippen LogP contribution >= 0.6 is 0 Å². The lowest BCUT2D eigenvalue weighted by atomic mass is 10.2. The van der Waals surface area contributed by atoms with Crippen molar-refractivity contribution < 1.29 is 9.78 Å². The van der Waals surface area contributed by atoms with E-state index in [1.807, 2.05) is 50.3 Å². The van der Waals surface area contributed by atoms with Gasteiger partial charge in [0.15, 0.2) is 5.75 Å². The molecule has 76 valence electrons. The Hall–Kier alpha value is -1.28. The van der Waals surface area contributed by atoms with Gasteiger partial charge in [0, 0.05) is 0 Å². The van der Waals surface area contributed by atoms with Crippen LogP contribution in [0.15, 0.2) is 30.3 Å². The lowest BCUT2D eigenvalue weighted by Crippen LogP contribution is -1.97. The fraction of sp³-hybridized carbons (Fsp3) is 0.333. The average molecular weight is 192 g/mol. The van der Waals surface area contributed by atoms with Crippen LogP contribution in [0.5, 0.6) is 5.75 Å². The smallest absolute Gasteiger partial charge is 0.165 e. The van der Waals surface area contributed by atoms with Gasteiger partial charge in [0.05, 0.1) is 6.61 Å². The Bertz CT molecular complexity index is 292. The summed E-state index contributed by atoms with van der Waals surface area (Å²) >= 11 is 0. The summed E-state index contributed by atoms with van der Waals surface area (Å²) in [7, 11) is 0. The van der Waals surface area contributed by atoms with Gasteiger partial charge < -0.3 is 4.89 Å². The van der Waals surface area contributed by atoms with Crippen molar-refractivity contribution in [3.8, 4) is 5.75 Å². The van der Waals surface area contributed by atoms with Crippen LogP contribution in [0, 0.1) is 0 Å². The molecule has 0 fully saturated rings. The Morgan fingerprint density at radius 1 is 1.36 bits per heavy atom. The molecule has 1 rings (SSSR count). The van der Waals surface area contributed by atoms with Gasteiger partial charge in [-0.05, 0) is 31.0 Å². The molecule has 0 aliphatic carbocycles. The third-order valence-electron chi connectivity index (χ3n) is 1.66. The molecule has 1 aromatic carbocycles. The zero-order valence-electron chi connectivity index (χ0n) is 8.69. The molecule has 0 amide bonds. The molecule has 14 heavy (non-hydrogen) atoms.